The molecule has 0 aliphatic carbocycles. The number of hydrogen-bond donors (Lipinski definition) is 2. The van der Waals surface area contributed by atoms with Gasteiger partial charge in [-0.15, -0.1) is 0 Å². The first-order valence-electron chi connectivity index (χ1n) is 11.0. The van der Waals surface area contributed by atoms with Crippen molar-refractivity contribution in [3.8, 4) is 16.9 Å². The van der Waals surface area contributed by atoms with Gasteiger partial charge in [0.15, 0.2) is 0 Å². The number of aryl methyl sites for hydroxylation is 1. The van der Waals surface area contributed by atoms with Crippen molar-refractivity contribution in [1.29, 1.82) is 0 Å². The van der Waals surface area contributed by atoms with Crippen LogP contribution < -0.4 is 10.6 Å². The summed E-state index contributed by atoms with van der Waals surface area (Å²) in [4.78, 5) is 36.6. The Balaban J connectivity index is 1.58. The van der Waals surface area contributed by atoms with Crippen molar-refractivity contribution in [2.24, 2.45) is 0 Å². The summed E-state index contributed by atoms with van der Waals surface area (Å²) in [6.45, 7) is 1.71. The predicted octanol–water partition coefficient (Wildman–Crippen LogP) is 4.14. The van der Waals surface area contributed by atoms with E-state index in [0.717, 1.165) is 11.1 Å². The molecule has 9 heteroatoms. The average molecular weight is 487 g/mol. The molecule has 0 aliphatic heterocycles. The maximum atomic E-state index is 13.4. The highest BCUT2D eigenvalue weighted by Gasteiger charge is 2.19. The molecule has 2 N–H and O–H groups in total. The lowest BCUT2D eigenvalue weighted by atomic mass is 10.1. The summed E-state index contributed by atoms with van der Waals surface area (Å²) >= 11 is 0. The van der Waals surface area contributed by atoms with Gasteiger partial charge in [-0.3, -0.25) is 14.4 Å². The number of esters is 1. The number of methoxy groups -OCH3 is 1. The van der Waals surface area contributed by atoms with Crippen molar-refractivity contribution >= 4 is 23.5 Å². The first-order chi connectivity index (χ1) is 17.3. The molecule has 0 radical (unpaired) electrons. The van der Waals surface area contributed by atoms with E-state index in [1.807, 2.05) is 31.2 Å². The van der Waals surface area contributed by atoms with E-state index >= 15 is 0 Å². The zero-order chi connectivity index (χ0) is 25.7. The van der Waals surface area contributed by atoms with Crippen LogP contribution in [0.15, 0.2) is 79.0 Å². The van der Waals surface area contributed by atoms with Crippen LogP contribution in [0.2, 0.25) is 0 Å². The normalized spacial score (nSPS) is 10.5. The fourth-order valence-corrected chi connectivity index (χ4v) is 3.50. The summed E-state index contributed by atoms with van der Waals surface area (Å²) in [6.07, 6.45) is 1.59. The number of nitrogens with zero attached hydrogens (tertiary/aromatic N) is 2. The van der Waals surface area contributed by atoms with Gasteiger partial charge in [-0.1, -0.05) is 23.8 Å². The van der Waals surface area contributed by atoms with Gasteiger partial charge in [0.05, 0.1) is 18.4 Å². The van der Waals surface area contributed by atoms with Crippen molar-refractivity contribution in [2.45, 2.75) is 6.92 Å². The van der Waals surface area contributed by atoms with Crippen LogP contribution in [-0.2, 0) is 9.53 Å². The van der Waals surface area contributed by atoms with Gasteiger partial charge in [0.25, 0.3) is 11.8 Å². The van der Waals surface area contributed by atoms with E-state index < -0.39 is 17.8 Å². The SMILES string of the molecule is COC(=O)CNC(=O)c1ccc(NC(=O)c2cn(-c3ccc(F)cc3)nc2-c2cccc(C)c2)cc1. The van der Waals surface area contributed by atoms with E-state index in [9.17, 15) is 18.8 Å². The molecule has 4 rings (SSSR count). The van der Waals surface area contributed by atoms with Crippen molar-refractivity contribution < 1.29 is 23.5 Å². The van der Waals surface area contributed by atoms with Crippen LogP contribution in [0.4, 0.5) is 10.1 Å². The topological polar surface area (TPSA) is 102 Å². The Morgan fingerprint density at radius 1 is 0.972 bits per heavy atom. The molecule has 2 amide bonds. The average Bonchev–Trinajstić information content (AvgIpc) is 3.34. The first kappa shape index (κ1) is 24.3. The molecule has 8 nitrogen and oxygen atoms in total. The Morgan fingerprint density at radius 3 is 2.36 bits per heavy atom. The van der Waals surface area contributed by atoms with Gasteiger partial charge in [0.2, 0.25) is 0 Å². The number of nitrogens with one attached hydrogen (secondary N) is 2. The molecule has 0 bridgehead atoms. The van der Waals surface area contributed by atoms with Crippen molar-refractivity contribution in [2.75, 3.05) is 19.0 Å². The van der Waals surface area contributed by atoms with Crippen molar-refractivity contribution in [1.82, 2.24) is 15.1 Å². The van der Waals surface area contributed by atoms with E-state index in [1.54, 1.807) is 30.5 Å². The Bertz CT molecular complexity index is 1410. The number of ether oxygens (including phenoxy) is 1. The lowest BCUT2D eigenvalue weighted by Gasteiger charge is -2.08. The number of rotatable bonds is 7. The highest BCUT2D eigenvalue weighted by molar-refractivity contribution is 6.08. The molecule has 0 saturated carbocycles. The number of carbonyl (C=O) groups excluding carboxylic acids is 3. The van der Waals surface area contributed by atoms with E-state index in [-0.39, 0.29) is 12.4 Å². The second-order valence-corrected chi connectivity index (χ2v) is 7.97. The lowest BCUT2D eigenvalue weighted by molar-refractivity contribution is -0.139. The molecule has 4 aromatic rings. The Hall–Kier alpha value is -4.79. The number of carbonyl (C=O) groups is 3. The Labute approximate surface area is 206 Å². The molecule has 182 valence electrons. The molecule has 0 spiro atoms. The van der Waals surface area contributed by atoms with E-state index in [1.165, 1.54) is 36.1 Å². The fraction of sp³-hybridized carbons (Fsp3) is 0.111. The fourth-order valence-electron chi connectivity index (χ4n) is 3.50. The molecule has 0 saturated heterocycles. The van der Waals surface area contributed by atoms with Gasteiger partial charge in [0.1, 0.15) is 18.1 Å². The summed E-state index contributed by atoms with van der Waals surface area (Å²) < 4.78 is 19.4. The summed E-state index contributed by atoms with van der Waals surface area (Å²) in [6, 6.07) is 19.7. The Kier molecular flexibility index (Phi) is 7.20. The third-order valence-corrected chi connectivity index (χ3v) is 5.37. The monoisotopic (exact) mass is 486 g/mol. The van der Waals surface area contributed by atoms with Crippen LogP contribution in [0.25, 0.3) is 16.9 Å². The minimum atomic E-state index is -0.558. The van der Waals surface area contributed by atoms with Gasteiger partial charge in [-0.25, -0.2) is 9.07 Å². The molecule has 0 unspecified atom stereocenters. The third kappa shape index (κ3) is 5.64. The second kappa shape index (κ2) is 10.6. The molecule has 0 aliphatic rings. The maximum Gasteiger partial charge on any atom is 0.325 e. The maximum absolute atomic E-state index is 13.4. The third-order valence-electron chi connectivity index (χ3n) is 5.37. The summed E-state index contributed by atoms with van der Waals surface area (Å²) in [5.41, 5.74) is 3.96. The molecule has 1 heterocycles. The summed E-state index contributed by atoms with van der Waals surface area (Å²) in [5, 5.41) is 9.88. The van der Waals surface area contributed by atoms with Gasteiger partial charge < -0.3 is 15.4 Å². The van der Waals surface area contributed by atoms with Gasteiger partial charge in [0, 0.05) is 23.0 Å². The largest absolute Gasteiger partial charge is 0.468 e. The first-order valence-corrected chi connectivity index (χ1v) is 11.0. The number of amides is 2. The van der Waals surface area contributed by atoms with Crippen molar-refractivity contribution in [3.05, 3.63) is 102 Å². The standard InChI is InChI=1S/C27H23FN4O4/c1-17-4-3-5-19(14-17)25-23(16-32(31-25)22-12-8-20(28)9-13-22)27(35)30-21-10-6-18(7-11-21)26(34)29-15-24(33)36-2/h3-14,16H,15H2,1-2H3,(H,29,34)(H,30,35). The van der Waals surface area contributed by atoms with Crippen LogP contribution in [-0.4, -0.2) is 41.2 Å². The zero-order valence-electron chi connectivity index (χ0n) is 19.6. The number of hydrogen-bond acceptors (Lipinski definition) is 5. The highest BCUT2D eigenvalue weighted by Crippen LogP contribution is 2.26. The number of anilines is 1. The molecule has 0 atom stereocenters. The summed E-state index contributed by atoms with van der Waals surface area (Å²) in [5.74, 6) is -1.77. The van der Waals surface area contributed by atoms with Crippen LogP contribution >= 0.6 is 0 Å². The minimum absolute atomic E-state index is 0.242. The van der Waals surface area contributed by atoms with Gasteiger partial charge in [-0.05, 0) is 61.5 Å². The predicted molar refractivity (Wildman–Crippen MR) is 132 cm³/mol. The number of benzene rings is 3. The van der Waals surface area contributed by atoms with E-state index in [0.29, 0.717) is 28.2 Å². The highest BCUT2D eigenvalue weighted by atomic mass is 19.1. The van der Waals surface area contributed by atoms with Gasteiger partial charge in [-0.2, -0.15) is 5.10 Å². The van der Waals surface area contributed by atoms with E-state index in [2.05, 4.69) is 20.5 Å². The smallest absolute Gasteiger partial charge is 0.325 e. The quantitative estimate of drug-likeness (QED) is 0.382. The van der Waals surface area contributed by atoms with Crippen LogP contribution in [0.1, 0.15) is 26.3 Å². The van der Waals surface area contributed by atoms with Crippen LogP contribution in [0.5, 0.6) is 0 Å². The minimum Gasteiger partial charge on any atom is -0.468 e. The molecule has 36 heavy (non-hydrogen) atoms. The van der Waals surface area contributed by atoms with Crippen LogP contribution in [0, 0.1) is 12.7 Å². The van der Waals surface area contributed by atoms with E-state index in [4.69, 9.17) is 0 Å². The second-order valence-electron chi connectivity index (χ2n) is 7.97. The van der Waals surface area contributed by atoms with Crippen molar-refractivity contribution in [3.63, 3.8) is 0 Å². The molecule has 3 aromatic carbocycles. The number of halogens is 1. The van der Waals surface area contributed by atoms with Crippen LogP contribution in [0.3, 0.4) is 0 Å². The summed E-state index contributed by atoms with van der Waals surface area (Å²) in [7, 11) is 1.24. The number of aromatic nitrogens is 2. The molecule has 1 aromatic heterocycles. The molecule has 0 fully saturated rings. The lowest BCUT2D eigenvalue weighted by Crippen LogP contribution is -2.30. The Morgan fingerprint density at radius 2 is 1.69 bits per heavy atom. The van der Waals surface area contributed by atoms with Gasteiger partial charge >= 0.3 is 5.97 Å². The molecular formula is C27H23FN4O4. The molecular weight excluding hydrogens is 463 g/mol. The zero-order valence-corrected chi connectivity index (χ0v) is 19.6.